The molecule has 65 heavy (non-hydrogen) atoms. The molecule has 4 aliphatic heterocycles. The number of ether oxygens (including phenoxy) is 8. The molecule has 0 aromatic heterocycles. The van der Waals surface area contributed by atoms with Gasteiger partial charge >= 0.3 is 248 Å². The Hall–Kier alpha value is -3.91. The number of benzene rings is 4. The van der Waals surface area contributed by atoms with Gasteiger partial charge in [-0.1, -0.05) is 69.3 Å². The second-order valence-corrected chi connectivity index (χ2v) is 25.8. The molecular formula is C53H64O10SeSi. The molecule has 4 aromatic carbocycles. The number of fused-ring (bicyclic) bond motifs is 3. The number of carbonyl (C=O) groups is 1. The van der Waals surface area contributed by atoms with E-state index in [9.17, 15) is 4.79 Å². The molecule has 0 radical (unpaired) electrons. The quantitative estimate of drug-likeness (QED) is 0.0652. The van der Waals surface area contributed by atoms with Gasteiger partial charge in [0.25, 0.3) is 0 Å². The van der Waals surface area contributed by atoms with Crippen LogP contribution in [0.5, 0.6) is 5.75 Å². The Bertz CT molecular complexity index is 2260. The Kier molecular flexibility index (Phi) is 16.0. The first kappa shape index (κ1) is 47.6. The maximum absolute atomic E-state index is 13.4. The van der Waals surface area contributed by atoms with Gasteiger partial charge in [-0.05, 0) is 40.5 Å². The van der Waals surface area contributed by atoms with Crippen molar-refractivity contribution in [3.8, 4) is 5.75 Å². The Morgan fingerprint density at radius 1 is 0.831 bits per heavy atom. The first-order valence-corrected chi connectivity index (χ1v) is 27.6. The van der Waals surface area contributed by atoms with Crippen molar-refractivity contribution in [2.45, 2.75) is 132 Å². The zero-order valence-electron chi connectivity index (χ0n) is 38.4. The van der Waals surface area contributed by atoms with Gasteiger partial charge in [0.15, 0.2) is 0 Å². The molecular weight excluding hydrogens is 904 g/mol. The van der Waals surface area contributed by atoms with E-state index >= 15 is 0 Å². The third-order valence-electron chi connectivity index (χ3n) is 13.1. The van der Waals surface area contributed by atoms with Gasteiger partial charge in [-0.2, -0.15) is 0 Å². The molecule has 2 fully saturated rings. The van der Waals surface area contributed by atoms with Gasteiger partial charge in [-0.15, -0.1) is 0 Å². The summed E-state index contributed by atoms with van der Waals surface area (Å²) >= 11 is -0.302. The van der Waals surface area contributed by atoms with Crippen LogP contribution in [0.3, 0.4) is 0 Å². The van der Waals surface area contributed by atoms with Crippen molar-refractivity contribution in [2.75, 3.05) is 20.3 Å². The van der Waals surface area contributed by atoms with Crippen molar-refractivity contribution in [3.05, 3.63) is 145 Å². The molecule has 10 atom stereocenters. The zero-order chi connectivity index (χ0) is 45.4. The van der Waals surface area contributed by atoms with E-state index in [0.29, 0.717) is 45.5 Å². The number of hydrogen-bond donors (Lipinski definition) is 0. The molecule has 0 aliphatic carbocycles. The van der Waals surface area contributed by atoms with Crippen LogP contribution in [0.25, 0.3) is 10.8 Å². The fraction of sp³-hybridized carbons (Fsp3) is 0.453. The van der Waals surface area contributed by atoms with E-state index in [-0.39, 0.29) is 43.0 Å². The summed E-state index contributed by atoms with van der Waals surface area (Å²) in [6.45, 7) is 12.5. The van der Waals surface area contributed by atoms with Crippen LogP contribution in [-0.4, -0.2) is 103 Å². The van der Waals surface area contributed by atoms with E-state index in [1.165, 1.54) is 10.8 Å². The average molecular weight is 968 g/mol. The summed E-state index contributed by atoms with van der Waals surface area (Å²) in [5.74, 6) is 0.765. The van der Waals surface area contributed by atoms with Crippen LogP contribution in [0, 0.1) is 0 Å². The van der Waals surface area contributed by atoms with E-state index in [1.807, 2.05) is 66.7 Å². The topological polar surface area (TPSA) is 100 Å². The molecule has 0 saturated carbocycles. The van der Waals surface area contributed by atoms with Crippen LogP contribution in [-0.2, 0) is 49.0 Å². The van der Waals surface area contributed by atoms with Crippen molar-refractivity contribution in [1.82, 2.24) is 0 Å². The van der Waals surface area contributed by atoms with Crippen molar-refractivity contribution in [2.24, 2.45) is 0 Å². The van der Waals surface area contributed by atoms with Gasteiger partial charge in [-0.25, -0.2) is 0 Å². The van der Waals surface area contributed by atoms with Crippen LogP contribution >= 0.6 is 0 Å². The maximum atomic E-state index is 13.4. The minimum atomic E-state index is -2.38. The first-order chi connectivity index (χ1) is 31.4. The number of rotatable bonds is 15. The summed E-state index contributed by atoms with van der Waals surface area (Å²) in [6, 6.07) is 32.5. The summed E-state index contributed by atoms with van der Waals surface area (Å²) in [5, 5.41) is 2.29. The van der Waals surface area contributed by atoms with E-state index in [0.717, 1.165) is 21.3 Å². The van der Waals surface area contributed by atoms with E-state index in [1.54, 1.807) is 13.4 Å². The van der Waals surface area contributed by atoms with Gasteiger partial charge in [0.05, 0.1) is 20.3 Å². The summed E-state index contributed by atoms with van der Waals surface area (Å²) in [7, 11) is -0.730. The van der Waals surface area contributed by atoms with Gasteiger partial charge < -0.3 is 9.47 Å². The molecule has 4 heterocycles. The fourth-order valence-electron chi connectivity index (χ4n) is 8.45. The molecule has 8 rings (SSSR count). The predicted octanol–water partition coefficient (Wildman–Crippen LogP) is 9.30. The van der Waals surface area contributed by atoms with Crippen molar-refractivity contribution in [1.29, 1.82) is 0 Å². The van der Waals surface area contributed by atoms with Crippen LogP contribution in [0.15, 0.2) is 134 Å². The average Bonchev–Trinajstić information content (AvgIpc) is 3.54. The van der Waals surface area contributed by atoms with Crippen LogP contribution in [0.1, 0.15) is 63.9 Å². The molecule has 0 unspecified atom stereocenters. The van der Waals surface area contributed by atoms with Crippen LogP contribution in [0.4, 0.5) is 0 Å². The van der Waals surface area contributed by atoms with E-state index in [2.05, 4.69) is 94.6 Å². The molecule has 0 bridgehead atoms. The Morgan fingerprint density at radius 3 is 2.40 bits per heavy atom. The molecule has 4 aromatic rings. The third kappa shape index (κ3) is 12.2. The molecule has 10 nitrogen and oxygen atoms in total. The van der Waals surface area contributed by atoms with Crippen LogP contribution in [0.2, 0.25) is 18.1 Å². The van der Waals surface area contributed by atoms with Crippen molar-refractivity contribution >= 4 is 43.2 Å². The minimum absolute atomic E-state index is 0.0720. The number of carbonyl (C=O) groups excluding carboxylic acids is 1. The second-order valence-electron chi connectivity index (χ2n) is 18.7. The molecule has 0 spiro atoms. The van der Waals surface area contributed by atoms with Gasteiger partial charge in [0.2, 0.25) is 0 Å². The molecule has 346 valence electrons. The van der Waals surface area contributed by atoms with Gasteiger partial charge in [0.1, 0.15) is 5.75 Å². The Morgan fingerprint density at radius 2 is 1.62 bits per heavy atom. The summed E-state index contributed by atoms with van der Waals surface area (Å²) in [5.41, 5.74) is 1.98. The predicted molar refractivity (Wildman–Crippen MR) is 256 cm³/mol. The standard InChI is InChI=1S/C53H64O10SeSi/c1-53(2,3)65(5,6)63-50-46(61-45-19-12-13-31-57-49(45)51(50)58-34-36-22-23-37-15-10-11-16-39(37)33-36)30-32-56-42-20-14-21-43-47(35-59-52(62-43)38-24-26-40(55-4)27-25-38)60-44(42)28-29-48(54)64-41-17-8-7-9-18-41/h7-18,21-27,30,32-33,42-47,49-52H,19-20,28-29,31,34-35H2,1-6H3/b21-14-,32-30+/t42-,43+,44+,45+,46-,47-,49+,50-,51-,52-/m1/s1. The summed E-state index contributed by atoms with van der Waals surface area (Å²) < 4.78 is 60.8. The molecule has 2 saturated heterocycles. The Balaban J connectivity index is 1.04. The molecule has 12 heteroatoms. The monoisotopic (exact) mass is 968 g/mol. The normalized spacial score (nSPS) is 29.0. The van der Waals surface area contributed by atoms with Gasteiger partial charge in [0, 0.05) is 0 Å². The zero-order valence-corrected chi connectivity index (χ0v) is 41.1. The second kappa shape index (κ2) is 21.8. The Labute approximate surface area is 391 Å². The van der Waals surface area contributed by atoms with E-state index in [4.69, 9.17) is 42.3 Å². The van der Waals surface area contributed by atoms with E-state index < -0.39 is 51.2 Å². The molecule has 0 N–H and O–H groups in total. The number of methoxy groups -OCH3 is 1. The van der Waals surface area contributed by atoms with Crippen molar-refractivity contribution < 1.29 is 47.1 Å². The molecule has 0 amide bonds. The SMILES string of the molecule is COc1ccc([C@@H]2OC[C@H]3O[C@@H](CCC(=O)[Se]c4ccccc4)[C@H](O/C=C/[C@H]4O[C@H]5CC=CCO[C@@H]5[C@@H](OCc5ccc6ccccc6c5)[C@@H]4O[Si](C)(C)C(C)(C)C)C/C=C\[C@@H]3O2)cc1. The number of hydrogen-bond acceptors (Lipinski definition) is 10. The summed E-state index contributed by atoms with van der Waals surface area (Å²) in [4.78, 5) is 13.4. The van der Waals surface area contributed by atoms with Crippen LogP contribution < -0.4 is 9.20 Å². The fourth-order valence-corrected chi connectivity index (χ4v) is 11.4. The van der Waals surface area contributed by atoms with Gasteiger partial charge in [-0.3, -0.25) is 0 Å². The van der Waals surface area contributed by atoms with Crippen molar-refractivity contribution in [3.63, 3.8) is 0 Å². The first-order valence-electron chi connectivity index (χ1n) is 22.9. The molecule has 4 aliphatic rings. The third-order valence-corrected chi connectivity index (χ3v) is 19.6. The summed E-state index contributed by atoms with van der Waals surface area (Å²) in [6.07, 6.45) is 10.0.